The molecule has 22 heavy (non-hydrogen) atoms. The summed E-state index contributed by atoms with van der Waals surface area (Å²) < 4.78 is 6.45. The summed E-state index contributed by atoms with van der Waals surface area (Å²) in [5.74, 6) is -0.390. The molecule has 0 atom stereocenters. The maximum absolute atomic E-state index is 11.7. The van der Waals surface area contributed by atoms with E-state index in [0.29, 0.717) is 17.8 Å². The fourth-order valence-electron chi connectivity index (χ4n) is 2.17. The van der Waals surface area contributed by atoms with E-state index in [-0.39, 0.29) is 0 Å². The second-order valence-corrected chi connectivity index (χ2v) is 5.47. The molecule has 0 radical (unpaired) electrons. The number of rotatable bonds is 4. The van der Waals surface area contributed by atoms with Gasteiger partial charge in [-0.1, -0.05) is 17.3 Å². The number of hydrogen-bond donors (Lipinski definition) is 1. The molecular formula is C15H14N4O2S. The lowest BCUT2D eigenvalue weighted by atomic mass is 10.2. The minimum absolute atomic E-state index is 0.296. The zero-order valence-corrected chi connectivity index (χ0v) is 12.7. The van der Waals surface area contributed by atoms with E-state index in [1.165, 1.54) is 7.11 Å². The minimum atomic E-state index is -0.390. The number of thiophene rings is 1. The van der Waals surface area contributed by atoms with E-state index in [9.17, 15) is 4.79 Å². The number of esters is 1. The summed E-state index contributed by atoms with van der Waals surface area (Å²) >= 11 is 1.59. The summed E-state index contributed by atoms with van der Waals surface area (Å²) in [5, 5.41) is 10.3. The van der Waals surface area contributed by atoms with Crippen LogP contribution in [-0.4, -0.2) is 28.1 Å². The molecule has 7 heteroatoms. The van der Waals surface area contributed by atoms with Gasteiger partial charge in [0, 0.05) is 6.54 Å². The van der Waals surface area contributed by atoms with Gasteiger partial charge in [-0.05, 0) is 29.6 Å². The molecule has 0 bridgehead atoms. The maximum Gasteiger partial charge on any atom is 0.337 e. The van der Waals surface area contributed by atoms with Gasteiger partial charge in [-0.15, -0.1) is 16.4 Å². The van der Waals surface area contributed by atoms with Crippen molar-refractivity contribution in [1.82, 2.24) is 15.0 Å². The molecule has 0 fully saturated rings. The van der Waals surface area contributed by atoms with Crippen LogP contribution in [0.25, 0.3) is 16.3 Å². The zero-order chi connectivity index (χ0) is 15.5. The first-order chi connectivity index (χ1) is 10.7. The molecule has 0 saturated heterocycles. The molecule has 0 saturated carbocycles. The van der Waals surface area contributed by atoms with Crippen LogP contribution < -0.4 is 5.73 Å². The third-order valence-corrected chi connectivity index (χ3v) is 4.08. The lowest BCUT2D eigenvalue weighted by Gasteiger charge is -2.07. The average Bonchev–Trinajstić information content (AvgIpc) is 3.22. The minimum Gasteiger partial charge on any atom is -0.465 e. The van der Waals surface area contributed by atoms with Crippen molar-refractivity contribution in [2.24, 2.45) is 5.73 Å². The predicted octanol–water partition coefficient (Wildman–Crippen LogP) is 2.24. The van der Waals surface area contributed by atoms with E-state index in [0.717, 1.165) is 16.3 Å². The number of aromatic nitrogens is 3. The first kappa shape index (κ1) is 14.4. The molecule has 3 aromatic rings. The van der Waals surface area contributed by atoms with Crippen molar-refractivity contribution >= 4 is 17.3 Å². The molecule has 0 amide bonds. The Morgan fingerprint density at radius 2 is 2.23 bits per heavy atom. The number of nitrogens with zero attached hydrogens (tertiary/aromatic N) is 3. The highest BCUT2D eigenvalue weighted by atomic mass is 32.1. The lowest BCUT2D eigenvalue weighted by molar-refractivity contribution is 0.0600. The molecule has 2 aromatic heterocycles. The molecule has 0 aliphatic carbocycles. The molecule has 2 heterocycles. The number of ether oxygens (including phenoxy) is 1. The second-order valence-electron chi connectivity index (χ2n) is 4.52. The summed E-state index contributed by atoms with van der Waals surface area (Å²) in [6, 6.07) is 11.0. The van der Waals surface area contributed by atoms with Crippen LogP contribution in [0.5, 0.6) is 0 Å². The van der Waals surface area contributed by atoms with Gasteiger partial charge in [-0.2, -0.15) is 0 Å². The van der Waals surface area contributed by atoms with Gasteiger partial charge in [0.25, 0.3) is 0 Å². The fraction of sp³-hybridized carbons (Fsp3) is 0.133. The number of carbonyl (C=O) groups is 1. The highest BCUT2D eigenvalue weighted by Crippen LogP contribution is 2.29. The molecule has 1 aromatic carbocycles. The Kier molecular flexibility index (Phi) is 3.99. The summed E-state index contributed by atoms with van der Waals surface area (Å²) in [6.45, 7) is 0.296. The molecule has 0 aliphatic heterocycles. The highest BCUT2D eigenvalue weighted by Gasteiger charge is 2.17. The van der Waals surface area contributed by atoms with Gasteiger partial charge in [-0.3, -0.25) is 0 Å². The van der Waals surface area contributed by atoms with Crippen LogP contribution in [0.15, 0.2) is 41.8 Å². The molecule has 2 N–H and O–H groups in total. The Morgan fingerprint density at radius 3 is 2.91 bits per heavy atom. The Morgan fingerprint density at radius 1 is 1.36 bits per heavy atom. The van der Waals surface area contributed by atoms with Crippen LogP contribution in [-0.2, 0) is 11.3 Å². The number of hydrogen-bond acceptors (Lipinski definition) is 6. The number of methoxy groups -OCH3 is 1. The van der Waals surface area contributed by atoms with E-state index in [1.54, 1.807) is 34.2 Å². The van der Waals surface area contributed by atoms with Crippen LogP contribution in [0.2, 0.25) is 0 Å². The first-order valence-electron chi connectivity index (χ1n) is 6.62. The van der Waals surface area contributed by atoms with Crippen LogP contribution >= 0.6 is 11.3 Å². The van der Waals surface area contributed by atoms with Gasteiger partial charge in [0.1, 0.15) is 11.4 Å². The maximum atomic E-state index is 11.7. The van der Waals surface area contributed by atoms with E-state index in [2.05, 4.69) is 10.3 Å². The smallest absolute Gasteiger partial charge is 0.337 e. The topological polar surface area (TPSA) is 83.0 Å². The van der Waals surface area contributed by atoms with Gasteiger partial charge in [0.05, 0.1) is 23.2 Å². The second kappa shape index (κ2) is 6.08. The predicted molar refractivity (Wildman–Crippen MR) is 83.9 cm³/mol. The summed E-state index contributed by atoms with van der Waals surface area (Å²) in [4.78, 5) is 12.7. The van der Waals surface area contributed by atoms with Crippen molar-refractivity contribution in [3.63, 3.8) is 0 Å². The molecule has 112 valence electrons. The van der Waals surface area contributed by atoms with Crippen molar-refractivity contribution < 1.29 is 9.53 Å². The first-order valence-corrected chi connectivity index (χ1v) is 7.50. The van der Waals surface area contributed by atoms with Gasteiger partial charge >= 0.3 is 5.97 Å². The molecule has 3 rings (SSSR count). The molecule has 6 nitrogen and oxygen atoms in total. The van der Waals surface area contributed by atoms with Gasteiger partial charge < -0.3 is 10.5 Å². The lowest BCUT2D eigenvalue weighted by Crippen LogP contribution is -2.05. The average molecular weight is 314 g/mol. The van der Waals surface area contributed by atoms with Gasteiger partial charge in [0.2, 0.25) is 0 Å². The van der Waals surface area contributed by atoms with E-state index < -0.39 is 5.97 Å². The van der Waals surface area contributed by atoms with Crippen molar-refractivity contribution in [1.29, 1.82) is 0 Å². The SMILES string of the molecule is COC(=O)c1cccc(-n2nnc(CN)c2-c2cccs2)c1. The molecule has 0 unspecified atom stereocenters. The van der Waals surface area contributed by atoms with Gasteiger partial charge in [0.15, 0.2) is 0 Å². The van der Waals surface area contributed by atoms with Crippen LogP contribution in [0.4, 0.5) is 0 Å². The zero-order valence-electron chi connectivity index (χ0n) is 11.9. The van der Waals surface area contributed by atoms with Crippen molar-refractivity contribution in [2.75, 3.05) is 7.11 Å². The highest BCUT2D eigenvalue weighted by molar-refractivity contribution is 7.13. The third-order valence-electron chi connectivity index (χ3n) is 3.20. The summed E-state index contributed by atoms with van der Waals surface area (Å²) in [5.41, 5.74) is 8.52. The van der Waals surface area contributed by atoms with Crippen LogP contribution in [0, 0.1) is 0 Å². The monoisotopic (exact) mass is 314 g/mol. The van der Waals surface area contributed by atoms with Crippen LogP contribution in [0.1, 0.15) is 16.1 Å². The van der Waals surface area contributed by atoms with Crippen molar-refractivity contribution in [3.05, 3.63) is 53.0 Å². The van der Waals surface area contributed by atoms with Crippen LogP contribution in [0.3, 0.4) is 0 Å². The Labute approximate surface area is 131 Å². The summed E-state index contributed by atoms with van der Waals surface area (Å²) in [6.07, 6.45) is 0. The normalized spacial score (nSPS) is 10.6. The quantitative estimate of drug-likeness (QED) is 0.747. The van der Waals surface area contributed by atoms with Crippen molar-refractivity contribution in [3.8, 4) is 16.3 Å². The van der Waals surface area contributed by atoms with E-state index >= 15 is 0 Å². The third kappa shape index (κ3) is 2.51. The van der Waals surface area contributed by atoms with E-state index in [1.807, 2.05) is 23.6 Å². The fourth-order valence-corrected chi connectivity index (χ4v) is 2.95. The Bertz CT molecular complexity index is 796. The Balaban J connectivity index is 2.13. The van der Waals surface area contributed by atoms with Gasteiger partial charge in [-0.25, -0.2) is 9.48 Å². The molecular weight excluding hydrogens is 300 g/mol. The standard InChI is InChI=1S/C15H14N4O2S/c1-21-15(20)10-4-2-5-11(8-10)19-14(12(9-16)17-18-19)13-6-3-7-22-13/h2-8H,9,16H2,1H3. The number of benzene rings is 1. The van der Waals surface area contributed by atoms with E-state index in [4.69, 9.17) is 10.5 Å². The number of carbonyl (C=O) groups excluding carboxylic acids is 1. The molecule has 0 aliphatic rings. The number of nitrogens with two attached hydrogens (primary N) is 1. The van der Waals surface area contributed by atoms with Crippen molar-refractivity contribution in [2.45, 2.75) is 6.54 Å². The largest absolute Gasteiger partial charge is 0.465 e. The Hall–Kier alpha value is -2.51. The summed E-state index contributed by atoms with van der Waals surface area (Å²) in [7, 11) is 1.36. The molecule has 0 spiro atoms.